The summed E-state index contributed by atoms with van der Waals surface area (Å²) in [4.78, 5) is 8.54. The summed E-state index contributed by atoms with van der Waals surface area (Å²) in [6.45, 7) is 0.680. The third kappa shape index (κ3) is 3.77. The number of rotatable bonds is 5. The van der Waals surface area contributed by atoms with Crippen LogP contribution in [0.5, 0.6) is 5.75 Å². The number of nitrogens with one attached hydrogen (secondary N) is 1. The SMILES string of the molecule is COc1ccc(-c2cc(NCc3ccccc3)nc(N)n2)cc1. The average molecular weight is 306 g/mol. The van der Waals surface area contributed by atoms with Gasteiger partial charge in [0.2, 0.25) is 5.95 Å². The van der Waals surface area contributed by atoms with E-state index in [4.69, 9.17) is 10.5 Å². The highest BCUT2D eigenvalue weighted by Gasteiger charge is 2.05. The van der Waals surface area contributed by atoms with Gasteiger partial charge in [-0.3, -0.25) is 0 Å². The van der Waals surface area contributed by atoms with E-state index >= 15 is 0 Å². The zero-order chi connectivity index (χ0) is 16.1. The van der Waals surface area contributed by atoms with Gasteiger partial charge in [-0.1, -0.05) is 30.3 Å². The van der Waals surface area contributed by atoms with Crippen LogP contribution >= 0.6 is 0 Å². The minimum atomic E-state index is 0.244. The summed E-state index contributed by atoms with van der Waals surface area (Å²) in [5.41, 5.74) is 8.75. The summed E-state index contributed by atoms with van der Waals surface area (Å²) in [7, 11) is 1.64. The molecule has 0 aliphatic carbocycles. The highest BCUT2D eigenvalue weighted by atomic mass is 16.5. The van der Waals surface area contributed by atoms with Gasteiger partial charge in [0.25, 0.3) is 0 Å². The van der Waals surface area contributed by atoms with Gasteiger partial charge in [0, 0.05) is 18.2 Å². The lowest BCUT2D eigenvalue weighted by molar-refractivity contribution is 0.415. The van der Waals surface area contributed by atoms with Gasteiger partial charge in [-0.25, -0.2) is 4.98 Å². The lowest BCUT2D eigenvalue weighted by Gasteiger charge is -2.09. The van der Waals surface area contributed by atoms with Gasteiger partial charge in [-0.2, -0.15) is 4.98 Å². The second-order valence-corrected chi connectivity index (χ2v) is 5.06. The minimum absolute atomic E-state index is 0.244. The molecule has 1 heterocycles. The molecule has 0 saturated heterocycles. The van der Waals surface area contributed by atoms with Crippen molar-refractivity contribution in [1.82, 2.24) is 9.97 Å². The quantitative estimate of drug-likeness (QED) is 0.756. The molecule has 3 aromatic rings. The van der Waals surface area contributed by atoms with Crippen LogP contribution in [0.25, 0.3) is 11.3 Å². The largest absolute Gasteiger partial charge is 0.497 e. The predicted octanol–water partition coefficient (Wildman–Crippen LogP) is 3.35. The Labute approximate surface area is 135 Å². The molecule has 5 heteroatoms. The van der Waals surface area contributed by atoms with Crippen LogP contribution in [0.15, 0.2) is 60.7 Å². The number of methoxy groups -OCH3 is 1. The zero-order valence-electron chi connectivity index (χ0n) is 12.9. The fourth-order valence-corrected chi connectivity index (χ4v) is 2.25. The van der Waals surface area contributed by atoms with Crippen LogP contribution in [0.1, 0.15) is 5.56 Å². The summed E-state index contributed by atoms with van der Waals surface area (Å²) >= 11 is 0. The molecule has 116 valence electrons. The highest BCUT2D eigenvalue weighted by Crippen LogP contribution is 2.23. The molecule has 5 nitrogen and oxygen atoms in total. The van der Waals surface area contributed by atoms with E-state index < -0.39 is 0 Å². The normalized spacial score (nSPS) is 10.3. The van der Waals surface area contributed by atoms with Crippen LogP contribution in [0, 0.1) is 0 Å². The maximum absolute atomic E-state index is 5.83. The van der Waals surface area contributed by atoms with Crippen molar-refractivity contribution in [2.24, 2.45) is 0 Å². The first-order valence-corrected chi connectivity index (χ1v) is 7.31. The van der Waals surface area contributed by atoms with E-state index in [0.717, 1.165) is 17.0 Å². The molecule has 0 bridgehead atoms. The first-order valence-electron chi connectivity index (χ1n) is 7.31. The van der Waals surface area contributed by atoms with E-state index in [1.165, 1.54) is 5.56 Å². The summed E-state index contributed by atoms with van der Waals surface area (Å²) in [6.07, 6.45) is 0. The Bertz CT molecular complexity index is 773. The van der Waals surface area contributed by atoms with Crippen LogP contribution < -0.4 is 15.8 Å². The average Bonchev–Trinajstić information content (AvgIpc) is 2.60. The van der Waals surface area contributed by atoms with Crippen LogP contribution in [0.3, 0.4) is 0 Å². The Morgan fingerprint density at radius 2 is 1.74 bits per heavy atom. The van der Waals surface area contributed by atoms with Gasteiger partial charge in [-0.15, -0.1) is 0 Å². The smallest absolute Gasteiger partial charge is 0.222 e. The summed E-state index contributed by atoms with van der Waals surface area (Å²) in [5, 5.41) is 3.28. The molecule has 3 N–H and O–H groups in total. The Morgan fingerprint density at radius 1 is 1.00 bits per heavy atom. The fraction of sp³-hybridized carbons (Fsp3) is 0.111. The number of hydrogen-bond acceptors (Lipinski definition) is 5. The van der Waals surface area contributed by atoms with Crippen LogP contribution in [0.4, 0.5) is 11.8 Å². The van der Waals surface area contributed by atoms with Gasteiger partial charge in [-0.05, 0) is 29.8 Å². The van der Waals surface area contributed by atoms with Crippen LogP contribution in [-0.2, 0) is 6.54 Å². The maximum Gasteiger partial charge on any atom is 0.222 e. The Morgan fingerprint density at radius 3 is 2.43 bits per heavy atom. The first-order chi connectivity index (χ1) is 11.2. The van der Waals surface area contributed by atoms with Gasteiger partial charge in [0.1, 0.15) is 11.6 Å². The molecule has 0 amide bonds. The molecule has 1 aromatic heterocycles. The molecule has 2 aromatic carbocycles. The summed E-state index contributed by atoms with van der Waals surface area (Å²) < 4.78 is 5.17. The van der Waals surface area contributed by atoms with Crippen molar-refractivity contribution in [2.75, 3.05) is 18.2 Å². The van der Waals surface area contributed by atoms with Crippen LogP contribution in [-0.4, -0.2) is 17.1 Å². The van der Waals surface area contributed by atoms with E-state index in [0.29, 0.717) is 12.4 Å². The van der Waals surface area contributed by atoms with Gasteiger partial charge >= 0.3 is 0 Å². The number of nitrogens with two attached hydrogens (primary N) is 1. The zero-order valence-corrected chi connectivity index (χ0v) is 12.9. The van der Waals surface area contributed by atoms with Crippen LogP contribution in [0.2, 0.25) is 0 Å². The van der Waals surface area contributed by atoms with Crippen molar-refractivity contribution >= 4 is 11.8 Å². The monoisotopic (exact) mass is 306 g/mol. The minimum Gasteiger partial charge on any atom is -0.497 e. The van der Waals surface area contributed by atoms with Crippen molar-refractivity contribution in [3.8, 4) is 17.0 Å². The third-order valence-corrected chi connectivity index (χ3v) is 3.45. The van der Waals surface area contributed by atoms with Gasteiger partial charge in [0.05, 0.1) is 12.8 Å². The summed E-state index contributed by atoms with van der Waals surface area (Å²) in [5.74, 6) is 1.75. The van der Waals surface area contributed by atoms with E-state index in [9.17, 15) is 0 Å². The van der Waals surface area contributed by atoms with Crippen molar-refractivity contribution in [3.63, 3.8) is 0 Å². The molecular formula is C18H18N4O. The maximum atomic E-state index is 5.83. The predicted molar refractivity (Wildman–Crippen MR) is 92.2 cm³/mol. The number of benzene rings is 2. The molecule has 0 aliphatic heterocycles. The summed E-state index contributed by atoms with van der Waals surface area (Å²) in [6, 6.07) is 19.7. The van der Waals surface area contributed by atoms with Crippen molar-refractivity contribution < 1.29 is 4.74 Å². The second-order valence-electron chi connectivity index (χ2n) is 5.06. The number of aromatic nitrogens is 2. The van der Waals surface area contributed by atoms with Gasteiger partial charge in [0.15, 0.2) is 0 Å². The van der Waals surface area contributed by atoms with E-state index in [-0.39, 0.29) is 5.95 Å². The number of nitrogens with zero attached hydrogens (tertiary/aromatic N) is 2. The first kappa shape index (κ1) is 14.8. The van der Waals surface area contributed by atoms with E-state index in [2.05, 4.69) is 27.4 Å². The van der Waals surface area contributed by atoms with Crippen molar-refractivity contribution in [1.29, 1.82) is 0 Å². The third-order valence-electron chi connectivity index (χ3n) is 3.45. The molecule has 0 unspecified atom stereocenters. The van der Waals surface area contributed by atoms with Gasteiger partial charge < -0.3 is 15.8 Å². The second kappa shape index (κ2) is 6.79. The standard InChI is InChI=1S/C18H18N4O/c1-23-15-9-7-14(8-10-15)16-11-17(22-18(19)21-16)20-12-13-5-3-2-4-6-13/h2-11H,12H2,1H3,(H3,19,20,21,22). The molecule has 0 saturated carbocycles. The number of hydrogen-bond donors (Lipinski definition) is 2. The molecule has 0 atom stereocenters. The molecule has 3 rings (SSSR count). The molecular weight excluding hydrogens is 288 g/mol. The number of anilines is 2. The molecule has 0 spiro atoms. The molecule has 0 radical (unpaired) electrons. The molecule has 0 fully saturated rings. The van der Waals surface area contributed by atoms with Crippen molar-refractivity contribution in [2.45, 2.75) is 6.54 Å². The van der Waals surface area contributed by atoms with E-state index in [1.807, 2.05) is 48.5 Å². The topological polar surface area (TPSA) is 73.1 Å². The molecule has 0 aliphatic rings. The fourth-order valence-electron chi connectivity index (χ4n) is 2.25. The number of ether oxygens (including phenoxy) is 1. The Balaban J connectivity index is 1.80. The van der Waals surface area contributed by atoms with Crippen molar-refractivity contribution in [3.05, 3.63) is 66.2 Å². The lowest BCUT2D eigenvalue weighted by Crippen LogP contribution is -2.05. The highest BCUT2D eigenvalue weighted by molar-refractivity contribution is 5.64. The Kier molecular flexibility index (Phi) is 4.38. The molecule has 23 heavy (non-hydrogen) atoms. The lowest BCUT2D eigenvalue weighted by atomic mass is 10.1. The van der Waals surface area contributed by atoms with E-state index in [1.54, 1.807) is 7.11 Å². The number of nitrogen functional groups attached to an aromatic ring is 1. The Hall–Kier alpha value is -3.08.